The van der Waals surface area contributed by atoms with Crippen molar-refractivity contribution in [2.75, 3.05) is 11.1 Å². The Morgan fingerprint density at radius 2 is 2.57 bits per heavy atom. The van der Waals surface area contributed by atoms with E-state index < -0.39 is 0 Å². The van der Waals surface area contributed by atoms with Gasteiger partial charge in [0.15, 0.2) is 0 Å². The number of hydrogen-bond acceptors (Lipinski definition) is 4. The van der Waals surface area contributed by atoms with Crippen molar-refractivity contribution in [2.45, 2.75) is 25.8 Å². The Morgan fingerprint density at radius 3 is 3.07 bits per heavy atom. The maximum Gasteiger partial charge on any atom is 0.129 e. The van der Waals surface area contributed by atoms with Crippen LogP contribution in [0.3, 0.4) is 0 Å². The Hall–Kier alpha value is -1.21. The number of nitriles is 1. The molecule has 1 aromatic heterocycles. The van der Waals surface area contributed by atoms with Crippen LogP contribution in [0.2, 0.25) is 0 Å². The summed E-state index contributed by atoms with van der Waals surface area (Å²) in [6, 6.07) is 4.54. The van der Waals surface area contributed by atoms with E-state index in [9.17, 15) is 0 Å². The van der Waals surface area contributed by atoms with Crippen molar-refractivity contribution < 1.29 is 0 Å². The lowest BCUT2D eigenvalue weighted by atomic mass is 10.3. The van der Waals surface area contributed by atoms with Crippen LogP contribution in [-0.2, 0) is 0 Å². The maximum atomic E-state index is 8.73. The molecule has 74 valence electrons. The Bertz CT molecular complexity index is 377. The molecule has 1 aliphatic rings. The molecule has 0 radical (unpaired) electrons. The number of nitrogens with one attached hydrogen (secondary N) is 1. The van der Waals surface area contributed by atoms with E-state index in [-0.39, 0.29) is 0 Å². The summed E-state index contributed by atoms with van der Waals surface area (Å²) < 4.78 is 0. The molecule has 2 atom stereocenters. The second kappa shape index (κ2) is 3.50. The highest BCUT2D eigenvalue weighted by molar-refractivity contribution is 7.17. The van der Waals surface area contributed by atoms with Crippen molar-refractivity contribution in [3.63, 3.8) is 0 Å². The highest BCUT2D eigenvalue weighted by atomic mass is 32.1. The van der Waals surface area contributed by atoms with Gasteiger partial charge in [-0.15, -0.1) is 11.3 Å². The number of hydrogen-bond donors (Lipinski definition) is 2. The molecule has 2 unspecified atom stereocenters. The van der Waals surface area contributed by atoms with Crippen LogP contribution >= 0.6 is 11.3 Å². The van der Waals surface area contributed by atoms with Crippen LogP contribution in [0.15, 0.2) is 6.07 Å². The summed E-state index contributed by atoms with van der Waals surface area (Å²) >= 11 is 1.44. The fourth-order valence-corrected chi connectivity index (χ4v) is 2.46. The molecule has 14 heavy (non-hydrogen) atoms. The summed E-state index contributed by atoms with van der Waals surface area (Å²) in [5, 5.41) is 13.2. The molecule has 0 aliphatic heterocycles. The summed E-state index contributed by atoms with van der Waals surface area (Å²) in [4.78, 5) is 0.612. The van der Waals surface area contributed by atoms with E-state index in [4.69, 9.17) is 11.0 Å². The molecule has 1 fully saturated rings. The Labute approximate surface area is 87.5 Å². The van der Waals surface area contributed by atoms with E-state index in [2.05, 4.69) is 18.3 Å². The summed E-state index contributed by atoms with van der Waals surface area (Å²) in [6.07, 6.45) is 2.47. The SMILES string of the molecule is CCC1CC1Nc1cc(N)c(C#N)s1. The second-order valence-corrected chi connectivity index (χ2v) is 4.71. The number of nitrogens with two attached hydrogens (primary N) is 1. The van der Waals surface area contributed by atoms with Crippen molar-refractivity contribution >= 4 is 22.0 Å². The van der Waals surface area contributed by atoms with Crippen molar-refractivity contribution in [3.8, 4) is 6.07 Å². The molecule has 3 N–H and O–H groups in total. The van der Waals surface area contributed by atoms with Gasteiger partial charge in [0.1, 0.15) is 10.9 Å². The summed E-state index contributed by atoms with van der Waals surface area (Å²) in [6.45, 7) is 2.20. The van der Waals surface area contributed by atoms with Gasteiger partial charge in [0.05, 0.1) is 10.7 Å². The molecular formula is C10H13N3S. The number of nitrogens with zero attached hydrogens (tertiary/aromatic N) is 1. The minimum atomic E-state index is 0.591. The average molecular weight is 207 g/mol. The molecule has 1 aromatic rings. The number of anilines is 2. The lowest BCUT2D eigenvalue weighted by Crippen LogP contribution is -2.02. The van der Waals surface area contributed by atoms with Gasteiger partial charge in [-0.05, 0) is 18.4 Å². The van der Waals surface area contributed by atoms with E-state index in [0.717, 1.165) is 10.9 Å². The van der Waals surface area contributed by atoms with E-state index >= 15 is 0 Å². The molecule has 0 bridgehead atoms. The largest absolute Gasteiger partial charge is 0.397 e. The molecule has 1 heterocycles. The molecule has 0 saturated heterocycles. The first-order chi connectivity index (χ1) is 6.74. The molecule has 0 aromatic carbocycles. The monoisotopic (exact) mass is 207 g/mol. The fourth-order valence-electron chi connectivity index (χ4n) is 1.62. The lowest BCUT2D eigenvalue weighted by molar-refractivity contribution is 0.775. The highest BCUT2D eigenvalue weighted by Gasteiger charge is 2.35. The first-order valence-corrected chi connectivity index (χ1v) is 5.62. The van der Waals surface area contributed by atoms with Gasteiger partial charge in [0.25, 0.3) is 0 Å². The first kappa shape index (κ1) is 9.35. The summed E-state index contributed by atoms with van der Waals surface area (Å²) in [7, 11) is 0. The molecule has 2 rings (SSSR count). The van der Waals surface area contributed by atoms with Crippen LogP contribution in [0.4, 0.5) is 10.7 Å². The van der Waals surface area contributed by atoms with Crippen LogP contribution in [-0.4, -0.2) is 6.04 Å². The molecule has 4 heteroatoms. The predicted molar refractivity (Wildman–Crippen MR) is 59.3 cm³/mol. The van der Waals surface area contributed by atoms with Crippen LogP contribution in [0, 0.1) is 17.2 Å². The Balaban J connectivity index is 2.01. The average Bonchev–Trinajstić information content (AvgIpc) is 2.82. The van der Waals surface area contributed by atoms with Gasteiger partial charge < -0.3 is 11.1 Å². The Kier molecular flexibility index (Phi) is 2.34. The number of thiophene rings is 1. The van der Waals surface area contributed by atoms with E-state index in [1.54, 1.807) is 0 Å². The summed E-state index contributed by atoms with van der Waals surface area (Å²) in [5.74, 6) is 0.809. The maximum absolute atomic E-state index is 8.73. The molecule has 1 saturated carbocycles. The zero-order valence-corrected chi connectivity index (χ0v) is 8.90. The van der Waals surface area contributed by atoms with Crippen LogP contribution in [0.25, 0.3) is 0 Å². The summed E-state index contributed by atoms with van der Waals surface area (Å²) in [5.41, 5.74) is 6.25. The molecule has 1 aliphatic carbocycles. The molecule has 3 nitrogen and oxygen atoms in total. The molecular weight excluding hydrogens is 194 g/mol. The van der Waals surface area contributed by atoms with Gasteiger partial charge in [-0.25, -0.2) is 0 Å². The smallest absolute Gasteiger partial charge is 0.129 e. The third-order valence-corrected chi connectivity index (χ3v) is 3.62. The predicted octanol–water partition coefficient (Wildman–Crippen LogP) is 2.41. The second-order valence-electron chi connectivity index (χ2n) is 3.66. The van der Waals surface area contributed by atoms with Crippen LogP contribution < -0.4 is 11.1 Å². The standard InChI is InChI=1S/C10H13N3S/c1-2-6-3-8(6)13-10-4-7(12)9(5-11)14-10/h4,6,8,13H,2-3,12H2,1H3. The van der Waals surface area contributed by atoms with E-state index in [0.29, 0.717) is 16.6 Å². The number of nitrogen functional groups attached to an aromatic ring is 1. The zero-order chi connectivity index (χ0) is 10.1. The topological polar surface area (TPSA) is 61.8 Å². The van der Waals surface area contributed by atoms with E-state index in [1.807, 2.05) is 6.07 Å². The number of rotatable bonds is 3. The third-order valence-electron chi connectivity index (χ3n) is 2.64. The normalized spacial score (nSPS) is 24.3. The van der Waals surface area contributed by atoms with Gasteiger partial charge in [-0.2, -0.15) is 5.26 Å². The first-order valence-electron chi connectivity index (χ1n) is 4.80. The van der Waals surface area contributed by atoms with Crippen LogP contribution in [0.5, 0.6) is 0 Å². The highest BCUT2D eigenvalue weighted by Crippen LogP contribution is 2.38. The lowest BCUT2D eigenvalue weighted by Gasteiger charge is -1.99. The van der Waals surface area contributed by atoms with Gasteiger partial charge in [-0.3, -0.25) is 0 Å². The van der Waals surface area contributed by atoms with Gasteiger partial charge in [0.2, 0.25) is 0 Å². The van der Waals surface area contributed by atoms with E-state index in [1.165, 1.54) is 24.2 Å². The van der Waals surface area contributed by atoms with Crippen molar-refractivity contribution in [1.29, 1.82) is 5.26 Å². The molecule has 0 amide bonds. The Morgan fingerprint density at radius 1 is 1.79 bits per heavy atom. The van der Waals surface area contributed by atoms with Gasteiger partial charge >= 0.3 is 0 Å². The minimum Gasteiger partial charge on any atom is -0.397 e. The van der Waals surface area contributed by atoms with Crippen molar-refractivity contribution in [1.82, 2.24) is 0 Å². The minimum absolute atomic E-state index is 0.591. The van der Waals surface area contributed by atoms with Gasteiger partial charge in [-0.1, -0.05) is 13.3 Å². The van der Waals surface area contributed by atoms with Crippen LogP contribution in [0.1, 0.15) is 24.6 Å². The molecule has 0 spiro atoms. The quantitative estimate of drug-likeness (QED) is 0.800. The zero-order valence-electron chi connectivity index (χ0n) is 8.08. The fraction of sp³-hybridized carbons (Fsp3) is 0.500. The third kappa shape index (κ3) is 1.68. The van der Waals surface area contributed by atoms with Crippen molar-refractivity contribution in [3.05, 3.63) is 10.9 Å². The van der Waals surface area contributed by atoms with Gasteiger partial charge in [0, 0.05) is 6.04 Å². The van der Waals surface area contributed by atoms with Crippen molar-refractivity contribution in [2.24, 2.45) is 5.92 Å².